The number of aromatic nitrogens is 1. The van der Waals surface area contributed by atoms with Crippen LogP contribution in [0.3, 0.4) is 0 Å². The smallest absolute Gasteiger partial charge is 0.399 e. The second-order valence-electron chi connectivity index (χ2n) is 10.2. The van der Waals surface area contributed by atoms with E-state index in [2.05, 4.69) is 86.7 Å². The second-order valence-corrected chi connectivity index (χ2v) is 10.2. The SMILES string of the molecule is CC(C)N1CCN(Cc2ccc(-c3cncc(B4OC(C)(C)C(C)(C)O4)c3)cc2)CC1. The van der Waals surface area contributed by atoms with E-state index >= 15 is 0 Å². The number of pyridine rings is 1. The third kappa shape index (κ3) is 4.88. The maximum atomic E-state index is 6.20. The number of benzene rings is 1. The highest BCUT2D eigenvalue weighted by molar-refractivity contribution is 6.62. The Balaban J connectivity index is 1.41. The lowest BCUT2D eigenvalue weighted by atomic mass is 9.79. The fraction of sp³-hybridized carbons (Fsp3) is 0.560. The first-order chi connectivity index (χ1) is 14.6. The lowest BCUT2D eigenvalue weighted by Crippen LogP contribution is -2.48. The molecule has 0 unspecified atom stereocenters. The van der Waals surface area contributed by atoms with Gasteiger partial charge in [0.25, 0.3) is 0 Å². The van der Waals surface area contributed by atoms with Crippen LogP contribution in [0.4, 0.5) is 0 Å². The van der Waals surface area contributed by atoms with Crippen LogP contribution in [-0.2, 0) is 15.9 Å². The predicted molar refractivity (Wildman–Crippen MR) is 127 cm³/mol. The van der Waals surface area contributed by atoms with E-state index in [1.165, 1.54) is 11.1 Å². The van der Waals surface area contributed by atoms with Crippen LogP contribution in [0, 0.1) is 0 Å². The minimum absolute atomic E-state index is 0.351. The van der Waals surface area contributed by atoms with Crippen LogP contribution in [-0.4, -0.2) is 65.3 Å². The van der Waals surface area contributed by atoms with Crippen LogP contribution in [0.5, 0.6) is 0 Å². The summed E-state index contributed by atoms with van der Waals surface area (Å²) in [5, 5.41) is 0. The van der Waals surface area contributed by atoms with Crippen molar-refractivity contribution in [2.75, 3.05) is 26.2 Å². The Hall–Kier alpha value is -1.73. The molecule has 0 atom stereocenters. The molecule has 0 bridgehead atoms. The molecular formula is C25H36BN3O2. The molecule has 6 heteroatoms. The van der Waals surface area contributed by atoms with Gasteiger partial charge in [0.2, 0.25) is 0 Å². The van der Waals surface area contributed by atoms with Gasteiger partial charge in [-0.3, -0.25) is 14.8 Å². The summed E-state index contributed by atoms with van der Waals surface area (Å²) in [4.78, 5) is 9.57. The highest BCUT2D eigenvalue weighted by Gasteiger charge is 2.51. The Morgan fingerprint density at radius 3 is 2.10 bits per heavy atom. The van der Waals surface area contributed by atoms with Gasteiger partial charge in [-0.1, -0.05) is 30.3 Å². The van der Waals surface area contributed by atoms with Crippen molar-refractivity contribution in [1.82, 2.24) is 14.8 Å². The van der Waals surface area contributed by atoms with E-state index in [9.17, 15) is 0 Å². The maximum Gasteiger partial charge on any atom is 0.496 e. The molecule has 2 fully saturated rings. The number of nitrogens with zero attached hydrogens (tertiary/aromatic N) is 3. The summed E-state index contributed by atoms with van der Waals surface area (Å²) in [5.41, 5.74) is 3.87. The standard InChI is InChI=1S/C25H36BN3O2/c1-19(2)29-13-11-28(12-14-29)18-20-7-9-21(10-8-20)22-15-23(17-27-16-22)26-30-24(3,4)25(5,6)31-26/h7-10,15-17,19H,11-14,18H2,1-6H3. The van der Waals surface area contributed by atoms with Crippen molar-refractivity contribution in [3.05, 3.63) is 48.3 Å². The summed E-state index contributed by atoms with van der Waals surface area (Å²) >= 11 is 0. The van der Waals surface area contributed by atoms with E-state index < -0.39 is 0 Å². The molecule has 166 valence electrons. The Bertz CT molecular complexity index is 874. The van der Waals surface area contributed by atoms with Crippen LogP contribution < -0.4 is 5.46 Å². The molecule has 0 N–H and O–H groups in total. The van der Waals surface area contributed by atoms with Gasteiger partial charge in [0.15, 0.2) is 0 Å². The van der Waals surface area contributed by atoms with Gasteiger partial charge in [0.1, 0.15) is 0 Å². The highest BCUT2D eigenvalue weighted by atomic mass is 16.7. The highest BCUT2D eigenvalue weighted by Crippen LogP contribution is 2.36. The fourth-order valence-corrected chi connectivity index (χ4v) is 4.22. The van der Waals surface area contributed by atoms with Crippen molar-refractivity contribution in [2.45, 2.75) is 65.3 Å². The Morgan fingerprint density at radius 2 is 1.52 bits per heavy atom. The van der Waals surface area contributed by atoms with Gasteiger partial charge in [-0.2, -0.15) is 0 Å². The van der Waals surface area contributed by atoms with Gasteiger partial charge in [-0.05, 0) is 58.2 Å². The molecular weight excluding hydrogens is 385 g/mol. The minimum atomic E-state index is -0.388. The lowest BCUT2D eigenvalue weighted by Gasteiger charge is -2.36. The van der Waals surface area contributed by atoms with Crippen LogP contribution in [0.2, 0.25) is 0 Å². The van der Waals surface area contributed by atoms with E-state index in [0.29, 0.717) is 6.04 Å². The fourth-order valence-electron chi connectivity index (χ4n) is 4.22. The molecule has 3 heterocycles. The van der Waals surface area contributed by atoms with E-state index in [-0.39, 0.29) is 18.3 Å². The predicted octanol–water partition coefficient (Wildman–Crippen LogP) is 3.57. The molecule has 0 radical (unpaired) electrons. The summed E-state index contributed by atoms with van der Waals surface area (Å²) in [5.74, 6) is 0. The summed E-state index contributed by atoms with van der Waals surface area (Å²) < 4.78 is 12.4. The summed E-state index contributed by atoms with van der Waals surface area (Å²) in [6.45, 7) is 18.5. The average Bonchev–Trinajstić information content (AvgIpc) is 2.96. The number of hydrogen-bond donors (Lipinski definition) is 0. The number of hydrogen-bond acceptors (Lipinski definition) is 5. The quantitative estimate of drug-likeness (QED) is 0.691. The van der Waals surface area contributed by atoms with Gasteiger partial charge in [0, 0.05) is 56.6 Å². The molecule has 2 saturated heterocycles. The van der Waals surface area contributed by atoms with Crippen LogP contribution in [0.1, 0.15) is 47.1 Å². The summed E-state index contributed by atoms with van der Waals surface area (Å²) in [6.07, 6.45) is 3.76. The first-order valence-corrected chi connectivity index (χ1v) is 11.5. The van der Waals surface area contributed by atoms with Gasteiger partial charge in [-0.15, -0.1) is 0 Å². The van der Waals surface area contributed by atoms with E-state index in [1.54, 1.807) is 0 Å². The van der Waals surface area contributed by atoms with Crippen molar-refractivity contribution in [3.8, 4) is 11.1 Å². The Morgan fingerprint density at radius 1 is 0.903 bits per heavy atom. The van der Waals surface area contributed by atoms with E-state index in [1.807, 2.05) is 12.4 Å². The second kappa shape index (κ2) is 8.66. The maximum absolute atomic E-state index is 6.20. The number of piperazine rings is 1. The molecule has 1 aromatic carbocycles. The molecule has 0 spiro atoms. The van der Waals surface area contributed by atoms with Crippen molar-refractivity contribution in [1.29, 1.82) is 0 Å². The molecule has 0 aliphatic carbocycles. The molecule has 0 amide bonds. The molecule has 0 saturated carbocycles. The molecule has 2 aliphatic heterocycles. The lowest BCUT2D eigenvalue weighted by molar-refractivity contribution is 0.00578. The molecule has 2 aromatic rings. The normalized spacial score (nSPS) is 21.7. The third-order valence-corrected chi connectivity index (χ3v) is 7.12. The van der Waals surface area contributed by atoms with Crippen LogP contribution >= 0.6 is 0 Å². The zero-order valence-electron chi connectivity index (χ0n) is 19.9. The number of rotatable bonds is 5. The van der Waals surface area contributed by atoms with Crippen LogP contribution in [0.15, 0.2) is 42.7 Å². The summed E-state index contributed by atoms with van der Waals surface area (Å²) in [7, 11) is -0.388. The van der Waals surface area contributed by atoms with Gasteiger partial charge in [-0.25, -0.2) is 0 Å². The van der Waals surface area contributed by atoms with Crippen molar-refractivity contribution in [2.24, 2.45) is 0 Å². The Kier molecular flexibility index (Phi) is 6.28. The van der Waals surface area contributed by atoms with E-state index in [0.717, 1.165) is 43.8 Å². The van der Waals surface area contributed by atoms with Gasteiger partial charge in [0.05, 0.1) is 11.2 Å². The molecule has 4 rings (SSSR count). The Labute approximate surface area is 187 Å². The molecule has 5 nitrogen and oxygen atoms in total. The minimum Gasteiger partial charge on any atom is -0.399 e. The molecule has 1 aromatic heterocycles. The van der Waals surface area contributed by atoms with Crippen LogP contribution in [0.25, 0.3) is 11.1 Å². The van der Waals surface area contributed by atoms with Gasteiger partial charge >= 0.3 is 7.12 Å². The van der Waals surface area contributed by atoms with Crippen molar-refractivity contribution < 1.29 is 9.31 Å². The summed E-state index contributed by atoms with van der Waals surface area (Å²) in [6, 6.07) is 11.7. The topological polar surface area (TPSA) is 37.8 Å². The largest absolute Gasteiger partial charge is 0.496 e. The average molecular weight is 421 g/mol. The molecule has 2 aliphatic rings. The first-order valence-electron chi connectivity index (χ1n) is 11.5. The molecule has 31 heavy (non-hydrogen) atoms. The first kappa shape index (κ1) is 22.5. The third-order valence-electron chi connectivity index (χ3n) is 7.12. The van der Waals surface area contributed by atoms with Crippen molar-refractivity contribution >= 4 is 12.6 Å². The monoisotopic (exact) mass is 421 g/mol. The van der Waals surface area contributed by atoms with E-state index in [4.69, 9.17) is 9.31 Å². The zero-order chi connectivity index (χ0) is 22.2. The van der Waals surface area contributed by atoms with Crippen molar-refractivity contribution in [3.63, 3.8) is 0 Å². The zero-order valence-corrected chi connectivity index (χ0v) is 19.9. The van der Waals surface area contributed by atoms with Gasteiger partial charge < -0.3 is 9.31 Å².